The number of carbonyl (C=O) groups is 1. The van der Waals surface area contributed by atoms with Crippen LogP contribution in [0.4, 0.5) is 5.82 Å². The van der Waals surface area contributed by atoms with Crippen molar-refractivity contribution < 1.29 is 14.3 Å². The van der Waals surface area contributed by atoms with Crippen molar-refractivity contribution in [2.24, 2.45) is 0 Å². The number of carbonyl (C=O) groups excluding carboxylic acids is 1. The highest BCUT2D eigenvalue weighted by molar-refractivity contribution is 6.30. The van der Waals surface area contributed by atoms with Gasteiger partial charge in [-0.3, -0.25) is 4.79 Å². The van der Waals surface area contributed by atoms with Gasteiger partial charge in [-0.2, -0.15) is 5.10 Å². The zero-order chi connectivity index (χ0) is 19.2. The van der Waals surface area contributed by atoms with E-state index >= 15 is 0 Å². The van der Waals surface area contributed by atoms with Crippen molar-refractivity contribution in [1.82, 2.24) is 9.78 Å². The first kappa shape index (κ1) is 18.8. The predicted octanol–water partition coefficient (Wildman–Crippen LogP) is 3.92. The lowest BCUT2D eigenvalue weighted by molar-refractivity contribution is -0.118. The van der Waals surface area contributed by atoms with Crippen molar-refractivity contribution >= 4 is 23.3 Å². The molecule has 0 spiro atoms. The molecule has 0 saturated carbocycles. The van der Waals surface area contributed by atoms with Gasteiger partial charge in [-0.25, -0.2) is 4.68 Å². The van der Waals surface area contributed by atoms with Gasteiger partial charge in [0.2, 0.25) is 0 Å². The fourth-order valence-corrected chi connectivity index (χ4v) is 2.64. The highest BCUT2D eigenvalue weighted by atomic mass is 35.5. The number of ether oxygens (including phenoxy) is 2. The molecule has 0 aliphatic rings. The molecular weight excluding hydrogens is 366 g/mol. The molecule has 0 atom stereocenters. The maximum absolute atomic E-state index is 12.3. The van der Waals surface area contributed by atoms with Crippen LogP contribution in [0, 0.1) is 6.92 Å². The number of nitrogens with zero attached hydrogens (tertiary/aromatic N) is 2. The molecule has 0 radical (unpaired) electrons. The molecule has 0 saturated heterocycles. The van der Waals surface area contributed by atoms with Gasteiger partial charge in [0.1, 0.15) is 17.3 Å². The molecule has 0 aliphatic carbocycles. The van der Waals surface area contributed by atoms with Crippen LogP contribution < -0.4 is 14.8 Å². The van der Waals surface area contributed by atoms with Gasteiger partial charge in [0.05, 0.1) is 19.9 Å². The molecule has 6 nitrogen and oxygen atoms in total. The number of hydrogen-bond acceptors (Lipinski definition) is 4. The van der Waals surface area contributed by atoms with E-state index < -0.39 is 0 Å². The molecule has 0 unspecified atom stereocenters. The minimum atomic E-state index is -0.258. The largest absolute Gasteiger partial charge is 0.497 e. The number of methoxy groups -OCH3 is 1. The average Bonchev–Trinajstić information content (AvgIpc) is 3.02. The summed E-state index contributed by atoms with van der Waals surface area (Å²) in [7, 11) is 1.60. The normalized spacial score (nSPS) is 10.5. The molecular formula is C20H20ClN3O3. The van der Waals surface area contributed by atoms with Gasteiger partial charge in [0, 0.05) is 10.6 Å². The first-order valence-corrected chi connectivity index (χ1v) is 8.76. The lowest BCUT2D eigenvalue weighted by Crippen LogP contribution is -2.22. The number of halogens is 1. The quantitative estimate of drug-likeness (QED) is 0.669. The van der Waals surface area contributed by atoms with Crippen LogP contribution in [0.5, 0.6) is 11.5 Å². The van der Waals surface area contributed by atoms with Crippen molar-refractivity contribution in [2.75, 3.05) is 19.0 Å². The fourth-order valence-electron chi connectivity index (χ4n) is 2.51. The van der Waals surface area contributed by atoms with E-state index in [1.54, 1.807) is 42.3 Å². The van der Waals surface area contributed by atoms with Crippen LogP contribution in [0.3, 0.4) is 0 Å². The van der Waals surface area contributed by atoms with Crippen LogP contribution in [0.2, 0.25) is 5.02 Å². The van der Waals surface area contributed by atoms with Gasteiger partial charge >= 0.3 is 0 Å². The molecule has 0 aliphatic heterocycles. The molecule has 7 heteroatoms. The molecule has 3 aromatic rings. The number of anilines is 1. The summed E-state index contributed by atoms with van der Waals surface area (Å²) in [6, 6.07) is 14.6. The Kier molecular flexibility index (Phi) is 5.98. The number of amides is 1. The molecule has 2 aromatic carbocycles. The van der Waals surface area contributed by atoms with E-state index in [9.17, 15) is 4.79 Å². The third-order valence-electron chi connectivity index (χ3n) is 3.96. The summed E-state index contributed by atoms with van der Waals surface area (Å²) in [5.41, 5.74) is 1.91. The Morgan fingerprint density at radius 1 is 1.11 bits per heavy atom. The highest BCUT2D eigenvalue weighted by Crippen LogP contribution is 2.19. The fraction of sp³-hybridized carbons (Fsp3) is 0.200. The maximum atomic E-state index is 12.3. The van der Waals surface area contributed by atoms with Crippen molar-refractivity contribution in [3.63, 3.8) is 0 Å². The van der Waals surface area contributed by atoms with E-state index in [4.69, 9.17) is 21.1 Å². The smallest absolute Gasteiger partial charge is 0.263 e. The van der Waals surface area contributed by atoms with Gasteiger partial charge in [-0.1, -0.05) is 23.7 Å². The number of aromatic nitrogens is 2. The summed E-state index contributed by atoms with van der Waals surface area (Å²) in [5, 5.41) is 7.89. The minimum Gasteiger partial charge on any atom is -0.497 e. The Morgan fingerprint density at radius 2 is 1.78 bits per heavy atom. The second-order valence-electron chi connectivity index (χ2n) is 5.97. The number of benzene rings is 2. The van der Waals surface area contributed by atoms with Crippen LogP contribution in [0.15, 0.2) is 54.7 Å². The van der Waals surface area contributed by atoms with Crippen LogP contribution in [0.1, 0.15) is 11.1 Å². The van der Waals surface area contributed by atoms with E-state index in [1.165, 1.54) is 0 Å². The Balaban J connectivity index is 1.61. The van der Waals surface area contributed by atoms with Gasteiger partial charge in [-0.15, -0.1) is 0 Å². The number of rotatable bonds is 7. The molecule has 3 rings (SSSR count). The van der Waals surface area contributed by atoms with Crippen LogP contribution in [0.25, 0.3) is 0 Å². The van der Waals surface area contributed by atoms with E-state index in [1.807, 2.05) is 31.2 Å². The number of aryl methyl sites for hydroxylation is 1. The second-order valence-corrected chi connectivity index (χ2v) is 6.41. The Hall–Kier alpha value is -2.99. The third kappa shape index (κ3) is 5.01. The first-order chi connectivity index (χ1) is 13.0. The van der Waals surface area contributed by atoms with Crippen molar-refractivity contribution in [3.05, 3.63) is 70.9 Å². The zero-order valence-corrected chi connectivity index (χ0v) is 15.9. The summed E-state index contributed by atoms with van der Waals surface area (Å²) in [5.74, 6) is 1.71. The van der Waals surface area contributed by atoms with Gasteiger partial charge < -0.3 is 14.8 Å². The van der Waals surface area contributed by atoms with E-state index in [0.29, 0.717) is 23.1 Å². The molecule has 0 fully saturated rings. The molecule has 27 heavy (non-hydrogen) atoms. The van der Waals surface area contributed by atoms with Crippen molar-refractivity contribution in [3.8, 4) is 11.5 Å². The van der Waals surface area contributed by atoms with Crippen LogP contribution in [-0.4, -0.2) is 29.4 Å². The zero-order valence-electron chi connectivity index (χ0n) is 15.1. The minimum absolute atomic E-state index is 0.0993. The number of hydrogen-bond donors (Lipinski definition) is 1. The molecule has 1 N–H and O–H groups in total. The Labute approximate surface area is 162 Å². The standard InChI is InChI=1S/C20H20ClN3O3/c1-14-11-22-24(12-15-3-5-16(21)6-4-15)20(14)23-19(25)13-27-18-9-7-17(26-2)8-10-18/h3-11H,12-13H2,1-2H3,(H,23,25). The second kappa shape index (κ2) is 8.60. The molecule has 1 heterocycles. The van der Waals surface area contributed by atoms with Crippen molar-refractivity contribution in [2.45, 2.75) is 13.5 Å². The topological polar surface area (TPSA) is 65.4 Å². The molecule has 140 valence electrons. The predicted molar refractivity (Wildman–Crippen MR) is 105 cm³/mol. The Morgan fingerprint density at radius 3 is 2.44 bits per heavy atom. The third-order valence-corrected chi connectivity index (χ3v) is 4.21. The summed E-state index contributed by atoms with van der Waals surface area (Å²) in [6.07, 6.45) is 1.72. The van der Waals surface area contributed by atoms with Crippen LogP contribution >= 0.6 is 11.6 Å². The molecule has 1 amide bonds. The van der Waals surface area contributed by atoms with E-state index in [2.05, 4.69) is 10.4 Å². The SMILES string of the molecule is COc1ccc(OCC(=O)Nc2c(C)cnn2Cc2ccc(Cl)cc2)cc1. The highest BCUT2D eigenvalue weighted by Gasteiger charge is 2.12. The molecule has 1 aromatic heterocycles. The van der Waals surface area contributed by atoms with Gasteiger partial charge in [-0.05, 0) is 48.9 Å². The van der Waals surface area contributed by atoms with E-state index in [0.717, 1.165) is 16.9 Å². The lowest BCUT2D eigenvalue weighted by atomic mass is 10.2. The average molecular weight is 386 g/mol. The Bertz CT molecular complexity index is 905. The monoisotopic (exact) mass is 385 g/mol. The lowest BCUT2D eigenvalue weighted by Gasteiger charge is -2.11. The van der Waals surface area contributed by atoms with Crippen LogP contribution in [-0.2, 0) is 11.3 Å². The van der Waals surface area contributed by atoms with Crippen molar-refractivity contribution in [1.29, 1.82) is 0 Å². The summed E-state index contributed by atoms with van der Waals surface area (Å²) in [4.78, 5) is 12.3. The maximum Gasteiger partial charge on any atom is 0.263 e. The first-order valence-electron chi connectivity index (χ1n) is 8.38. The van der Waals surface area contributed by atoms with Gasteiger partial charge in [0.25, 0.3) is 5.91 Å². The number of nitrogens with one attached hydrogen (secondary N) is 1. The van der Waals surface area contributed by atoms with E-state index in [-0.39, 0.29) is 12.5 Å². The summed E-state index contributed by atoms with van der Waals surface area (Å²) >= 11 is 5.92. The molecule has 0 bridgehead atoms. The summed E-state index contributed by atoms with van der Waals surface area (Å²) in [6.45, 7) is 2.32. The van der Waals surface area contributed by atoms with Gasteiger partial charge in [0.15, 0.2) is 6.61 Å². The summed E-state index contributed by atoms with van der Waals surface area (Å²) < 4.78 is 12.3.